The summed E-state index contributed by atoms with van der Waals surface area (Å²) in [6.45, 7) is -0.257. The number of halogens is 2. The molecule has 1 aromatic heterocycles. The molecule has 4 nitrogen and oxygen atoms in total. The molecular weight excluding hydrogens is 266 g/mol. The number of aliphatic hydroxyl groups excluding tert-OH is 1. The summed E-state index contributed by atoms with van der Waals surface area (Å²) < 4.78 is 32.3. The normalized spacial score (nSPS) is 13.7. The molecule has 0 aliphatic rings. The van der Waals surface area contributed by atoms with Gasteiger partial charge >= 0.3 is 0 Å². The number of rotatable bonds is 5. The van der Waals surface area contributed by atoms with E-state index in [1.54, 1.807) is 0 Å². The average molecular weight is 278 g/mol. The van der Waals surface area contributed by atoms with Crippen molar-refractivity contribution >= 4 is 0 Å². The van der Waals surface area contributed by atoms with Gasteiger partial charge in [-0.3, -0.25) is 0 Å². The van der Waals surface area contributed by atoms with E-state index in [4.69, 9.17) is 9.52 Å². The summed E-state index contributed by atoms with van der Waals surface area (Å²) in [6, 6.07) is 5.05. The van der Waals surface area contributed by atoms with Crippen molar-refractivity contribution in [2.24, 2.45) is 0 Å². The summed E-state index contributed by atoms with van der Waals surface area (Å²) in [5, 5.41) is 18.4. The zero-order valence-corrected chi connectivity index (χ0v) is 10.5. The van der Waals surface area contributed by atoms with E-state index in [-0.39, 0.29) is 24.4 Å². The summed E-state index contributed by atoms with van der Waals surface area (Å²) >= 11 is 0. The maximum Gasteiger partial charge on any atom is 0.180 e. The van der Waals surface area contributed by atoms with Crippen molar-refractivity contribution in [2.45, 2.75) is 18.3 Å². The van der Waals surface area contributed by atoms with Crippen LogP contribution in [0.25, 0.3) is 0 Å². The largest absolute Gasteiger partial charge is 0.447 e. The second-order valence-electron chi connectivity index (χ2n) is 4.30. The van der Waals surface area contributed by atoms with Crippen molar-refractivity contribution in [3.05, 3.63) is 53.7 Å². The van der Waals surface area contributed by atoms with Gasteiger partial charge in [-0.25, -0.2) is 13.8 Å². The van der Waals surface area contributed by atoms with Gasteiger partial charge in [-0.15, -0.1) is 0 Å². The highest BCUT2D eigenvalue weighted by molar-refractivity contribution is 5.29. The third-order valence-electron chi connectivity index (χ3n) is 3.10. The molecule has 0 radical (unpaired) electrons. The summed E-state index contributed by atoms with van der Waals surface area (Å²) in [5.74, 6) is -2.52. The molecule has 0 aliphatic carbocycles. The number of benzene rings is 1. The van der Waals surface area contributed by atoms with Crippen molar-refractivity contribution in [3.63, 3.8) is 0 Å². The van der Waals surface area contributed by atoms with Gasteiger partial charge in [0.15, 0.2) is 6.39 Å². The Bertz CT molecular complexity index is 608. The number of hydrogen-bond acceptors (Lipinski definition) is 4. The first-order chi connectivity index (χ1) is 9.67. The van der Waals surface area contributed by atoms with E-state index in [9.17, 15) is 14.0 Å². The van der Waals surface area contributed by atoms with E-state index in [1.807, 2.05) is 6.07 Å². The molecule has 2 atom stereocenters. The van der Waals surface area contributed by atoms with Crippen molar-refractivity contribution in [2.75, 3.05) is 6.61 Å². The summed E-state index contributed by atoms with van der Waals surface area (Å²) in [7, 11) is 0. The van der Waals surface area contributed by atoms with Crippen LogP contribution in [0.3, 0.4) is 0 Å². The number of nitriles is 1. The summed E-state index contributed by atoms with van der Waals surface area (Å²) in [6.07, 6.45) is 2.63. The number of aromatic nitrogens is 1. The van der Waals surface area contributed by atoms with E-state index in [0.29, 0.717) is 0 Å². The van der Waals surface area contributed by atoms with E-state index < -0.39 is 23.5 Å². The molecule has 0 bridgehead atoms. The van der Waals surface area contributed by atoms with E-state index in [0.717, 1.165) is 24.6 Å². The molecule has 1 heterocycles. The van der Waals surface area contributed by atoms with Crippen LogP contribution >= 0.6 is 0 Å². The minimum Gasteiger partial charge on any atom is -0.447 e. The van der Waals surface area contributed by atoms with Crippen LogP contribution in [0.1, 0.15) is 29.6 Å². The SMILES string of the molecule is N#C[C@H](c1cnco1)[C@@H](CCO)c1cc(F)ccc1F. The minimum absolute atomic E-state index is 0.0435. The second-order valence-corrected chi connectivity index (χ2v) is 4.30. The van der Waals surface area contributed by atoms with Crippen molar-refractivity contribution in [1.29, 1.82) is 5.26 Å². The molecule has 0 unspecified atom stereocenters. The Morgan fingerprint density at radius 1 is 1.40 bits per heavy atom. The molecule has 0 saturated heterocycles. The van der Waals surface area contributed by atoms with Gasteiger partial charge in [0.1, 0.15) is 23.3 Å². The average Bonchev–Trinajstić information content (AvgIpc) is 2.95. The van der Waals surface area contributed by atoms with Crippen molar-refractivity contribution in [3.8, 4) is 6.07 Å². The molecule has 2 aromatic rings. The predicted molar refractivity (Wildman–Crippen MR) is 65.7 cm³/mol. The van der Waals surface area contributed by atoms with Gasteiger partial charge in [0.2, 0.25) is 0 Å². The summed E-state index contributed by atoms with van der Waals surface area (Å²) in [4.78, 5) is 3.72. The van der Waals surface area contributed by atoms with Gasteiger partial charge in [0, 0.05) is 12.5 Å². The van der Waals surface area contributed by atoms with Gasteiger partial charge in [-0.1, -0.05) is 0 Å². The molecule has 104 valence electrons. The first-order valence-corrected chi connectivity index (χ1v) is 6.01. The number of oxazole rings is 1. The zero-order valence-electron chi connectivity index (χ0n) is 10.5. The Morgan fingerprint density at radius 3 is 2.80 bits per heavy atom. The lowest BCUT2D eigenvalue weighted by Gasteiger charge is -2.20. The molecule has 0 aliphatic heterocycles. The summed E-state index contributed by atoms with van der Waals surface area (Å²) in [5.41, 5.74) is 0.0435. The lowest BCUT2D eigenvalue weighted by molar-refractivity contribution is 0.267. The highest BCUT2D eigenvalue weighted by atomic mass is 19.1. The van der Waals surface area contributed by atoms with Crippen LogP contribution < -0.4 is 0 Å². The van der Waals surface area contributed by atoms with Crippen molar-refractivity contribution < 1.29 is 18.3 Å². The fourth-order valence-corrected chi connectivity index (χ4v) is 2.17. The Labute approximate surface area is 114 Å². The Kier molecular flexibility index (Phi) is 4.43. The standard InChI is InChI=1S/C14H12F2N2O2/c15-9-1-2-13(16)11(5-9)10(3-4-19)12(6-17)14-7-18-8-20-14/h1-2,5,7-8,10,12,19H,3-4H2/t10-,12-/m0/s1. The quantitative estimate of drug-likeness (QED) is 0.912. The maximum absolute atomic E-state index is 13.9. The van der Waals surface area contributed by atoms with Gasteiger partial charge in [-0.05, 0) is 30.2 Å². The van der Waals surface area contributed by atoms with E-state index in [2.05, 4.69) is 4.98 Å². The van der Waals surface area contributed by atoms with Crippen LogP contribution in [0.4, 0.5) is 8.78 Å². The number of nitrogens with zero attached hydrogens (tertiary/aromatic N) is 2. The smallest absolute Gasteiger partial charge is 0.180 e. The molecule has 0 fully saturated rings. The van der Waals surface area contributed by atoms with Crippen LogP contribution in [0.2, 0.25) is 0 Å². The fraction of sp³-hybridized carbons (Fsp3) is 0.286. The van der Waals surface area contributed by atoms with E-state index >= 15 is 0 Å². The van der Waals surface area contributed by atoms with Crippen LogP contribution in [-0.4, -0.2) is 16.7 Å². The molecule has 0 saturated carbocycles. The molecular formula is C14H12F2N2O2. The first kappa shape index (κ1) is 14.2. The number of hydrogen-bond donors (Lipinski definition) is 1. The lowest BCUT2D eigenvalue weighted by atomic mass is 9.83. The molecule has 20 heavy (non-hydrogen) atoms. The van der Waals surface area contributed by atoms with Gasteiger partial charge in [0.25, 0.3) is 0 Å². The van der Waals surface area contributed by atoms with Crippen molar-refractivity contribution in [1.82, 2.24) is 4.98 Å². The molecule has 1 N–H and O–H groups in total. The topological polar surface area (TPSA) is 70.0 Å². The van der Waals surface area contributed by atoms with Gasteiger partial charge in [-0.2, -0.15) is 5.26 Å². The molecule has 6 heteroatoms. The molecule has 2 rings (SSSR count). The Morgan fingerprint density at radius 2 is 2.20 bits per heavy atom. The zero-order chi connectivity index (χ0) is 14.5. The monoisotopic (exact) mass is 278 g/mol. The third kappa shape index (κ3) is 2.83. The lowest BCUT2D eigenvalue weighted by Crippen LogP contribution is -2.13. The Balaban J connectivity index is 2.45. The van der Waals surface area contributed by atoms with Gasteiger partial charge in [0.05, 0.1) is 12.3 Å². The van der Waals surface area contributed by atoms with Crippen LogP contribution in [0.15, 0.2) is 35.2 Å². The van der Waals surface area contributed by atoms with E-state index in [1.165, 1.54) is 6.20 Å². The van der Waals surface area contributed by atoms with Crippen LogP contribution in [-0.2, 0) is 0 Å². The molecule has 0 amide bonds. The Hall–Kier alpha value is -2.26. The minimum atomic E-state index is -0.846. The highest BCUT2D eigenvalue weighted by Crippen LogP contribution is 2.36. The predicted octanol–water partition coefficient (Wildman–Crippen LogP) is 2.73. The molecule has 0 spiro atoms. The highest BCUT2D eigenvalue weighted by Gasteiger charge is 2.29. The fourth-order valence-electron chi connectivity index (χ4n) is 2.17. The number of aliphatic hydroxyl groups is 1. The van der Waals surface area contributed by atoms with Gasteiger partial charge < -0.3 is 9.52 Å². The first-order valence-electron chi connectivity index (χ1n) is 6.01. The van der Waals surface area contributed by atoms with Crippen LogP contribution in [0, 0.1) is 23.0 Å². The van der Waals surface area contributed by atoms with Crippen LogP contribution in [0.5, 0.6) is 0 Å². The molecule has 1 aromatic carbocycles. The maximum atomic E-state index is 13.9. The third-order valence-corrected chi connectivity index (χ3v) is 3.10. The second kappa shape index (κ2) is 6.26.